The van der Waals surface area contributed by atoms with Gasteiger partial charge in [-0.2, -0.15) is 0 Å². The molecule has 1 heterocycles. The lowest BCUT2D eigenvalue weighted by molar-refractivity contribution is -0.242. The monoisotopic (exact) mass is 238 g/mol. The smallest absolute Gasteiger partial charge is 0.330 e. The van der Waals surface area contributed by atoms with Crippen LogP contribution < -0.4 is 0 Å². The molecule has 2 rings (SSSR count). The molecule has 2 fully saturated rings. The van der Waals surface area contributed by atoms with E-state index in [-0.39, 0.29) is 6.42 Å². The van der Waals surface area contributed by atoms with Crippen molar-refractivity contribution in [3.63, 3.8) is 0 Å². The Morgan fingerprint density at radius 3 is 1.79 bits per heavy atom. The van der Waals surface area contributed by atoms with Gasteiger partial charge in [0.25, 0.3) is 5.79 Å². The fourth-order valence-corrected chi connectivity index (χ4v) is 2.17. The average molecular weight is 239 g/mol. The van der Waals surface area contributed by atoms with Crippen LogP contribution in [0.25, 0.3) is 0 Å². The van der Waals surface area contributed by atoms with E-state index in [1.165, 1.54) is 13.8 Å². The van der Waals surface area contributed by atoms with Gasteiger partial charge in [-0.3, -0.25) is 9.59 Å². The summed E-state index contributed by atoms with van der Waals surface area (Å²) in [6, 6.07) is 0. The number of hydrogen-bond acceptors (Lipinski definition) is 4. The Kier molecular flexibility index (Phi) is 1.70. The normalized spacial score (nSPS) is 30.9. The topological polar surface area (TPSA) is 52.6 Å². The highest BCUT2D eigenvalue weighted by atomic mass is 35.5. The van der Waals surface area contributed by atoms with Crippen LogP contribution in [-0.4, -0.2) is 22.1 Å². The van der Waals surface area contributed by atoms with E-state index in [0.29, 0.717) is 0 Å². The minimum absolute atomic E-state index is 0.0524. The van der Waals surface area contributed by atoms with Gasteiger partial charge in [0.1, 0.15) is 4.33 Å². The van der Waals surface area contributed by atoms with Gasteiger partial charge in [0.15, 0.2) is 0 Å². The fourth-order valence-electron chi connectivity index (χ4n) is 1.46. The first-order valence-corrected chi connectivity index (χ1v) is 4.82. The maximum Gasteiger partial charge on any atom is 0.330 e. The summed E-state index contributed by atoms with van der Waals surface area (Å²) in [5.74, 6) is -2.64. The molecule has 1 aliphatic heterocycles. The van der Waals surface area contributed by atoms with Crippen LogP contribution in [0.4, 0.5) is 0 Å². The van der Waals surface area contributed by atoms with Gasteiger partial charge >= 0.3 is 11.9 Å². The number of rotatable bonds is 0. The van der Waals surface area contributed by atoms with Gasteiger partial charge < -0.3 is 9.47 Å². The number of halogens is 2. The molecule has 0 bridgehead atoms. The lowest BCUT2D eigenvalue weighted by Gasteiger charge is -2.33. The van der Waals surface area contributed by atoms with Crippen molar-refractivity contribution < 1.29 is 19.1 Å². The van der Waals surface area contributed by atoms with Crippen molar-refractivity contribution in [1.29, 1.82) is 0 Å². The van der Waals surface area contributed by atoms with Gasteiger partial charge in [0.2, 0.25) is 5.41 Å². The zero-order chi connectivity index (χ0) is 10.8. The van der Waals surface area contributed by atoms with E-state index in [4.69, 9.17) is 32.7 Å². The number of cyclic esters (lactones) is 2. The Hall–Kier alpha value is -0.480. The largest absolute Gasteiger partial charge is 0.422 e. The van der Waals surface area contributed by atoms with Crippen LogP contribution >= 0.6 is 23.2 Å². The standard InChI is InChI=1S/C8H8Cl2O4/c1-6(2)13-4(11)7(5(12)14-6)3-8(7,9)10/h3H2,1-2H3. The third kappa shape index (κ3) is 1.07. The van der Waals surface area contributed by atoms with Crippen LogP contribution in [0.2, 0.25) is 0 Å². The Bertz CT molecular complexity index is 314. The zero-order valence-electron chi connectivity index (χ0n) is 7.60. The minimum atomic E-state index is -1.49. The predicted octanol–water partition coefficient (Wildman–Crippen LogP) is 1.39. The molecule has 0 atom stereocenters. The molecule has 2 aliphatic rings. The van der Waals surface area contributed by atoms with Gasteiger partial charge in [-0.05, 0) is 0 Å². The molecule has 0 unspecified atom stereocenters. The summed E-state index contributed by atoms with van der Waals surface area (Å²) in [4.78, 5) is 23.1. The number of hydrogen-bond donors (Lipinski definition) is 0. The summed E-state index contributed by atoms with van der Waals surface area (Å²) < 4.78 is 8.44. The van der Waals surface area contributed by atoms with Gasteiger partial charge in [0.05, 0.1) is 0 Å². The molecule has 0 aromatic heterocycles. The molecule has 14 heavy (non-hydrogen) atoms. The second kappa shape index (κ2) is 2.36. The van der Waals surface area contributed by atoms with Crippen molar-refractivity contribution in [2.24, 2.45) is 5.41 Å². The number of ether oxygens (including phenoxy) is 2. The van der Waals surface area contributed by atoms with Gasteiger partial charge in [-0.1, -0.05) is 23.2 Å². The zero-order valence-corrected chi connectivity index (χ0v) is 9.11. The summed E-state index contributed by atoms with van der Waals surface area (Å²) in [6.07, 6.45) is 0.0524. The van der Waals surface area contributed by atoms with Gasteiger partial charge in [-0.15, -0.1) is 0 Å². The maximum atomic E-state index is 11.5. The molecule has 0 radical (unpaired) electrons. The van der Waals surface area contributed by atoms with Crippen LogP contribution in [0.1, 0.15) is 20.3 Å². The van der Waals surface area contributed by atoms with Crippen molar-refractivity contribution >= 4 is 35.1 Å². The Labute approximate surface area is 90.4 Å². The highest BCUT2D eigenvalue weighted by Gasteiger charge is 2.80. The molecule has 1 saturated carbocycles. The third-order valence-corrected chi connectivity index (χ3v) is 3.27. The summed E-state index contributed by atoms with van der Waals surface area (Å²) in [5.41, 5.74) is -1.49. The Morgan fingerprint density at radius 2 is 1.50 bits per heavy atom. The molecule has 6 heteroatoms. The summed E-state index contributed by atoms with van der Waals surface area (Å²) in [6.45, 7) is 2.95. The number of alkyl halides is 2. The SMILES string of the molecule is CC1(C)OC(=O)C2(CC2(Cl)Cl)C(=O)O1. The Morgan fingerprint density at radius 1 is 1.14 bits per heavy atom. The molecule has 0 amide bonds. The molecule has 78 valence electrons. The average Bonchev–Trinajstić information content (AvgIpc) is 2.50. The molecular formula is C8H8Cl2O4. The van der Waals surface area contributed by atoms with E-state index in [1.807, 2.05) is 0 Å². The highest BCUT2D eigenvalue weighted by molar-refractivity contribution is 6.55. The van der Waals surface area contributed by atoms with Crippen molar-refractivity contribution in [2.45, 2.75) is 30.4 Å². The summed E-state index contributed by atoms with van der Waals surface area (Å²) in [7, 11) is 0. The third-order valence-electron chi connectivity index (χ3n) is 2.36. The van der Waals surface area contributed by atoms with Crippen molar-refractivity contribution in [3.8, 4) is 0 Å². The second-order valence-electron chi connectivity index (χ2n) is 3.97. The summed E-state index contributed by atoms with van der Waals surface area (Å²) >= 11 is 11.4. The van der Waals surface area contributed by atoms with Crippen LogP contribution in [0, 0.1) is 5.41 Å². The number of esters is 2. The van der Waals surface area contributed by atoms with E-state index in [0.717, 1.165) is 0 Å². The highest BCUT2D eigenvalue weighted by Crippen LogP contribution is 2.66. The van der Waals surface area contributed by atoms with Gasteiger partial charge in [-0.25, -0.2) is 0 Å². The minimum Gasteiger partial charge on any atom is -0.422 e. The van der Waals surface area contributed by atoms with E-state index in [1.54, 1.807) is 0 Å². The van der Waals surface area contributed by atoms with Crippen LogP contribution in [-0.2, 0) is 19.1 Å². The van der Waals surface area contributed by atoms with E-state index >= 15 is 0 Å². The first-order chi connectivity index (χ1) is 6.21. The molecule has 0 aromatic rings. The molecule has 1 spiro atoms. The van der Waals surface area contributed by atoms with Crippen molar-refractivity contribution in [2.75, 3.05) is 0 Å². The van der Waals surface area contributed by atoms with Crippen LogP contribution in [0.5, 0.6) is 0 Å². The molecular weight excluding hydrogens is 231 g/mol. The first-order valence-electron chi connectivity index (χ1n) is 4.06. The van der Waals surface area contributed by atoms with Crippen LogP contribution in [0.15, 0.2) is 0 Å². The molecule has 1 saturated heterocycles. The molecule has 4 nitrogen and oxygen atoms in total. The summed E-state index contributed by atoms with van der Waals surface area (Å²) in [5, 5.41) is 0. The van der Waals surface area contributed by atoms with E-state index in [9.17, 15) is 9.59 Å². The van der Waals surface area contributed by atoms with E-state index < -0.39 is 27.5 Å². The lowest BCUT2D eigenvalue weighted by Crippen LogP contribution is -2.49. The molecule has 0 aromatic carbocycles. The van der Waals surface area contributed by atoms with Gasteiger partial charge in [0, 0.05) is 20.3 Å². The predicted molar refractivity (Wildman–Crippen MR) is 47.8 cm³/mol. The van der Waals surface area contributed by atoms with E-state index in [2.05, 4.69) is 0 Å². The quantitative estimate of drug-likeness (QED) is 0.364. The lowest BCUT2D eigenvalue weighted by atomic mass is 10.1. The second-order valence-corrected chi connectivity index (χ2v) is 5.45. The number of carbonyl (C=O) groups is 2. The van der Waals surface area contributed by atoms with Crippen LogP contribution in [0.3, 0.4) is 0 Å². The molecule has 0 N–H and O–H groups in total. The number of carbonyl (C=O) groups excluding carboxylic acids is 2. The Balaban J connectivity index is 2.33. The van der Waals surface area contributed by atoms with Crippen molar-refractivity contribution in [1.82, 2.24) is 0 Å². The fraction of sp³-hybridized carbons (Fsp3) is 0.750. The molecule has 1 aliphatic carbocycles. The van der Waals surface area contributed by atoms with Crippen molar-refractivity contribution in [3.05, 3.63) is 0 Å². The first kappa shape index (κ1) is 10.1. The maximum absolute atomic E-state index is 11.5.